The van der Waals surface area contributed by atoms with Crippen molar-refractivity contribution in [1.82, 2.24) is 19.4 Å². The summed E-state index contributed by atoms with van der Waals surface area (Å²) < 4.78 is 15.6. The number of rotatable bonds is 5. The Morgan fingerprint density at radius 2 is 1.59 bits per heavy atom. The number of hydrogen-bond donors (Lipinski definition) is 0. The number of halogens is 2. The van der Waals surface area contributed by atoms with E-state index in [0.717, 1.165) is 39.2 Å². The summed E-state index contributed by atoms with van der Waals surface area (Å²) in [6, 6.07) is 23.9. The molecule has 8 heteroatoms. The molecule has 1 aliphatic heterocycles. The Morgan fingerprint density at radius 3 is 2.31 bits per heavy atom. The molecular formula is C31H25ClFN5O. The lowest BCUT2D eigenvalue weighted by atomic mass is 10.1. The highest BCUT2D eigenvalue weighted by Crippen LogP contribution is 2.37. The minimum absolute atomic E-state index is 0.0233. The van der Waals surface area contributed by atoms with Crippen LogP contribution in [-0.4, -0.2) is 51.5 Å². The Hall–Kier alpha value is -4.49. The summed E-state index contributed by atoms with van der Waals surface area (Å²) in [5.41, 5.74) is 4.52. The van der Waals surface area contributed by atoms with Gasteiger partial charge in [0.15, 0.2) is 5.65 Å². The molecule has 0 saturated carbocycles. The molecule has 0 atom stereocenters. The molecule has 0 spiro atoms. The van der Waals surface area contributed by atoms with Gasteiger partial charge in [-0.2, -0.15) is 0 Å². The van der Waals surface area contributed by atoms with E-state index in [0.29, 0.717) is 31.2 Å². The van der Waals surface area contributed by atoms with Crippen LogP contribution in [0, 0.1) is 5.82 Å². The van der Waals surface area contributed by atoms with Crippen molar-refractivity contribution < 1.29 is 9.18 Å². The molecule has 2 aromatic heterocycles. The first kappa shape index (κ1) is 24.8. The van der Waals surface area contributed by atoms with Crippen molar-refractivity contribution in [2.45, 2.75) is 0 Å². The topological polar surface area (TPSA) is 54.3 Å². The third-order valence-corrected chi connectivity index (χ3v) is 7.18. The van der Waals surface area contributed by atoms with E-state index in [1.54, 1.807) is 36.7 Å². The lowest BCUT2D eigenvalue weighted by Gasteiger charge is -2.35. The van der Waals surface area contributed by atoms with Crippen LogP contribution in [0.15, 0.2) is 97.5 Å². The summed E-state index contributed by atoms with van der Waals surface area (Å²) in [5, 5.41) is 1.59. The maximum atomic E-state index is 13.7. The number of anilines is 1. The normalized spacial score (nSPS) is 13.9. The molecule has 0 aliphatic carbocycles. The van der Waals surface area contributed by atoms with Gasteiger partial charge in [0, 0.05) is 54.7 Å². The first-order valence-electron chi connectivity index (χ1n) is 12.7. The Balaban J connectivity index is 1.29. The van der Waals surface area contributed by atoms with Crippen molar-refractivity contribution >= 4 is 40.4 Å². The fraction of sp³-hybridized carbons (Fsp3) is 0.129. The molecule has 0 bridgehead atoms. The molecule has 1 fully saturated rings. The van der Waals surface area contributed by atoms with Crippen LogP contribution in [0.2, 0.25) is 5.02 Å². The van der Waals surface area contributed by atoms with Crippen LogP contribution < -0.4 is 4.90 Å². The predicted octanol–water partition coefficient (Wildman–Crippen LogP) is 6.24. The lowest BCUT2D eigenvalue weighted by Crippen LogP contribution is -2.48. The molecule has 1 amide bonds. The van der Waals surface area contributed by atoms with Gasteiger partial charge in [0.2, 0.25) is 5.91 Å². The van der Waals surface area contributed by atoms with Crippen LogP contribution in [-0.2, 0) is 4.79 Å². The third kappa shape index (κ3) is 5.13. The number of nitrogens with zero attached hydrogens (tertiary/aromatic N) is 5. The average molecular weight is 538 g/mol. The predicted molar refractivity (Wildman–Crippen MR) is 154 cm³/mol. The van der Waals surface area contributed by atoms with Crippen LogP contribution in [0.1, 0.15) is 5.56 Å². The number of piperazine rings is 1. The van der Waals surface area contributed by atoms with E-state index in [2.05, 4.69) is 22.0 Å². The molecule has 39 heavy (non-hydrogen) atoms. The summed E-state index contributed by atoms with van der Waals surface area (Å²) in [5.74, 6) is 0.512. The van der Waals surface area contributed by atoms with Gasteiger partial charge in [0.1, 0.15) is 18.0 Å². The van der Waals surface area contributed by atoms with Gasteiger partial charge in [0.05, 0.1) is 5.39 Å². The first-order valence-corrected chi connectivity index (χ1v) is 13.1. The second-order valence-corrected chi connectivity index (χ2v) is 9.78. The summed E-state index contributed by atoms with van der Waals surface area (Å²) in [7, 11) is 0. The van der Waals surface area contributed by atoms with Gasteiger partial charge in [-0.05, 0) is 53.6 Å². The van der Waals surface area contributed by atoms with Crippen LogP contribution in [0.5, 0.6) is 0 Å². The second-order valence-electron chi connectivity index (χ2n) is 9.35. The van der Waals surface area contributed by atoms with E-state index in [4.69, 9.17) is 16.6 Å². The molecular weight excluding hydrogens is 513 g/mol. The molecule has 5 aromatic rings. The van der Waals surface area contributed by atoms with E-state index >= 15 is 0 Å². The maximum absolute atomic E-state index is 13.7. The molecule has 0 N–H and O–H groups in total. The number of fused-ring (bicyclic) bond motifs is 1. The fourth-order valence-electron chi connectivity index (χ4n) is 4.91. The van der Waals surface area contributed by atoms with Gasteiger partial charge < -0.3 is 14.4 Å². The van der Waals surface area contributed by atoms with E-state index in [1.165, 1.54) is 12.1 Å². The molecule has 6 rings (SSSR count). The standard InChI is InChI=1S/C31H25ClFN5O/c32-24-9-6-22(7-10-24)8-15-28(39)36-16-18-37(19-17-36)30-29-27(23-4-2-1-3-5-23)20-38(31(29)35-21-34-30)26-13-11-25(33)12-14-26/h1-15,20-21H,16-19H2/b15-8+. The highest BCUT2D eigenvalue weighted by molar-refractivity contribution is 6.30. The van der Waals surface area contributed by atoms with Crippen molar-refractivity contribution in [2.24, 2.45) is 0 Å². The van der Waals surface area contributed by atoms with Crippen molar-refractivity contribution in [1.29, 1.82) is 0 Å². The summed E-state index contributed by atoms with van der Waals surface area (Å²) in [6.07, 6.45) is 7.02. The number of hydrogen-bond acceptors (Lipinski definition) is 4. The van der Waals surface area contributed by atoms with Crippen molar-refractivity contribution in [3.63, 3.8) is 0 Å². The van der Waals surface area contributed by atoms with Crippen LogP contribution in [0.25, 0.3) is 33.9 Å². The number of aromatic nitrogens is 3. The highest BCUT2D eigenvalue weighted by Gasteiger charge is 2.25. The van der Waals surface area contributed by atoms with Crippen LogP contribution >= 0.6 is 11.6 Å². The molecule has 6 nitrogen and oxygen atoms in total. The minimum atomic E-state index is -0.288. The molecule has 194 valence electrons. The van der Waals surface area contributed by atoms with Gasteiger partial charge in [-0.15, -0.1) is 0 Å². The SMILES string of the molecule is O=C(/C=C/c1ccc(Cl)cc1)N1CCN(c2ncnc3c2c(-c2ccccc2)cn3-c2ccc(F)cc2)CC1. The van der Waals surface area contributed by atoms with E-state index < -0.39 is 0 Å². The number of amides is 1. The number of carbonyl (C=O) groups excluding carboxylic acids is 1. The van der Waals surface area contributed by atoms with E-state index in [-0.39, 0.29) is 11.7 Å². The zero-order valence-electron chi connectivity index (χ0n) is 21.0. The summed E-state index contributed by atoms with van der Waals surface area (Å²) in [6.45, 7) is 2.44. The Labute approximate surface area is 230 Å². The molecule has 1 aliphatic rings. The van der Waals surface area contributed by atoms with E-state index in [9.17, 15) is 9.18 Å². The second kappa shape index (κ2) is 10.7. The smallest absolute Gasteiger partial charge is 0.246 e. The molecule has 1 saturated heterocycles. The third-order valence-electron chi connectivity index (χ3n) is 6.93. The molecule has 0 unspecified atom stereocenters. The quantitative estimate of drug-likeness (QED) is 0.249. The summed E-state index contributed by atoms with van der Waals surface area (Å²) in [4.78, 5) is 26.2. The highest BCUT2D eigenvalue weighted by atomic mass is 35.5. The largest absolute Gasteiger partial charge is 0.352 e. The van der Waals surface area contributed by atoms with Gasteiger partial charge in [0.25, 0.3) is 0 Å². The zero-order valence-corrected chi connectivity index (χ0v) is 21.8. The van der Waals surface area contributed by atoms with Gasteiger partial charge in [-0.3, -0.25) is 4.79 Å². The van der Waals surface area contributed by atoms with Crippen molar-refractivity contribution in [2.75, 3.05) is 31.1 Å². The number of benzene rings is 3. The van der Waals surface area contributed by atoms with Crippen LogP contribution in [0.4, 0.5) is 10.2 Å². The first-order chi connectivity index (χ1) is 19.1. The molecule has 0 radical (unpaired) electrons. The lowest BCUT2D eigenvalue weighted by molar-refractivity contribution is -0.126. The Bertz CT molecular complexity index is 1640. The van der Waals surface area contributed by atoms with Gasteiger partial charge >= 0.3 is 0 Å². The Kier molecular flexibility index (Phi) is 6.82. The Morgan fingerprint density at radius 1 is 0.872 bits per heavy atom. The molecule has 3 heterocycles. The summed E-state index contributed by atoms with van der Waals surface area (Å²) >= 11 is 5.95. The van der Waals surface area contributed by atoms with Gasteiger partial charge in [-0.25, -0.2) is 14.4 Å². The minimum Gasteiger partial charge on any atom is -0.352 e. The zero-order chi connectivity index (χ0) is 26.8. The average Bonchev–Trinajstić information content (AvgIpc) is 3.38. The monoisotopic (exact) mass is 537 g/mol. The van der Waals surface area contributed by atoms with Gasteiger partial charge in [-0.1, -0.05) is 54.1 Å². The molecule has 3 aromatic carbocycles. The van der Waals surface area contributed by atoms with Crippen molar-refractivity contribution in [3.05, 3.63) is 114 Å². The van der Waals surface area contributed by atoms with Crippen LogP contribution in [0.3, 0.4) is 0 Å². The maximum Gasteiger partial charge on any atom is 0.246 e. The van der Waals surface area contributed by atoms with E-state index in [1.807, 2.05) is 52.1 Å². The number of carbonyl (C=O) groups is 1. The van der Waals surface area contributed by atoms with Crippen molar-refractivity contribution in [3.8, 4) is 16.8 Å². The fourth-order valence-corrected chi connectivity index (χ4v) is 5.03.